The Labute approximate surface area is 158 Å². The number of rotatable bonds is 3. The standard InChI is InChI=1S/C18H17F3N6O/c19-18(20,21)13-7-12(14-10-27-6-3-23-15(27)9-24-14)8-25-17(13)26-4-1-11(2-5-26)16(22)28/h3,6-11H,1-2,4-5H2,(H2,22,28). The zero-order valence-corrected chi connectivity index (χ0v) is 14.7. The summed E-state index contributed by atoms with van der Waals surface area (Å²) in [5.74, 6) is -0.862. The smallest absolute Gasteiger partial charge is 0.369 e. The van der Waals surface area contributed by atoms with Crippen molar-refractivity contribution in [2.24, 2.45) is 11.7 Å². The molecule has 3 aromatic heterocycles. The van der Waals surface area contributed by atoms with Crippen molar-refractivity contribution in [2.75, 3.05) is 18.0 Å². The average molecular weight is 390 g/mol. The lowest BCUT2D eigenvalue weighted by molar-refractivity contribution is -0.137. The van der Waals surface area contributed by atoms with Crippen molar-refractivity contribution in [1.82, 2.24) is 19.4 Å². The predicted octanol–water partition coefficient (Wildman–Crippen LogP) is 2.51. The number of aromatic nitrogens is 4. The van der Waals surface area contributed by atoms with Gasteiger partial charge in [-0.15, -0.1) is 0 Å². The van der Waals surface area contributed by atoms with E-state index in [4.69, 9.17) is 5.73 Å². The monoisotopic (exact) mass is 390 g/mol. The van der Waals surface area contributed by atoms with Gasteiger partial charge in [0.15, 0.2) is 5.65 Å². The minimum absolute atomic E-state index is 0.136. The van der Waals surface area contributed by atoms with E-state index < -0.39 is 17.6 Å². The zero-order valence-electron chi connectivity index (χ0n) is 14.7. The Bertz CT molecular complexity index is 1020. The number of amides is 1. The molecule has 0 bridgehead atoms. The van der Waals surface area contributed by atoms with Crippen LogP contribution in [-0.4, -0.2) is 38.3 Å². The molecule has 0 saturated carbocycles. The quantitative estimate of drug-likeness (QED) is 0.742. The zero-order chi connectivity index (χ0) is 19.9. The van der Waals surface area contributed by atoms with Crippen LogP contribution in [0.5, 0.6) is 0 Å². The van der Waals surface area contributed by atoms with Gasteiger partial charge in [0.2, 0.25) is 5.91 Å². The van der Waals surface area contributed by atoms with Crippen LogP contribution in [0.3, 0.4) is 0 Å². The molecule has 1 amide bonds. The minimum Gasteiger partial charge on any atom is -0.369 e. The van der Waals surface area contributed by atoms with Crippen molar-refractivity contribution < 1.29 is 18.0 Å². The number of carbonyl (C=O) groups is 1. The molecule has 0 radical (unpaired) electrons. The van der Waals surface area contributed by atoms with Crippen molar-refractivity contribution in [2.45, 2.75) is 19.0 Å². The van der Waals surface area contributed by atoms with Crippen LogP contribution < -0.4 is 10.6 Å². The molecule has 1 fully saturated rings. The molecule has 146 valence electrons. The first-order chi connectivity index (χ1) is 13.3. The van der Waals surface area contributed by atoms with Crippen LogP contribution in [0.2, 0.25) is 0 Å². The molecule has 0 aliphatic carbocycles. The summed E-state index contributed by atoms with van der Waals surface area (Å²) in [6, 6.07) is 1.06. The van der Waals surface area contributed by atoms with Gasteiger partial charge in [-0.2, -0.15) is 13.2 Å². The number of alkyl halides is 3. The average Bonchev–Trinajstić information content (AvgIpc) is 3.15. The highest BCUT2D eigenvalue weighted by Gasteiger charge is 2.37. The van der Waals surface area contributed by atoms with Crippen LogP contribution >= 0.6 is 0 Å². The molecule has 3 aromatic rings. The molecule has 0 unspecified atom stereocenters. The summed E-state index contributed by atoms with van der Waals surface area (Å²) >= 11 is 0. The van der Waals surface area contributed by atoms with Crippen molar-refractivity contribution >= 4 is 17.4 Å². The summed E-state index contributed by atoms with van der Waals surface area (Å²) < 4.78 is 42.9. The number of halogens is 3. The largest absolute Gasteiger partial charge is 0.419 e. The molecule has 1 saturated heterocycles. The van der Waals surface area contributed by atoms with Crippen LogP contribution in [0.4, 0.5) is 19.0 Å². The van der Waals surface area contributed by atoms with Gasteiger partial charge in [0, 0.05) is 49.4 Å². The second-order valence-corrected chi connectivity index (χ2v) is 6.72. The Morgan fingerprint density at radius 1 is 1.14 bits per heavy atom. The third-order valence-corrected chi connectivity index (χ3v) is 4.94. The normalized spacial score (nSPS) is 15.9. The Balaban J connectivity index is 1.69. The number of carbonyl (C=O) groups excluding carboxylic acids is 1. The molecule has 10 heteroatoms. The molecule has 0 aromatic carbocycles. The highest BCUT2D eigenvalue weighted by Crippen LogP contribution is 2.38. The van der Waals surface area contributed by atoms with Gasteiger partial charge in [-0.25, -0.2) is 9.97 Å². The Morgan fingerprint density at radius 2 is 1.89 bits per heavy atom. The van der Waals surface area contributed by atoms with E-state index in [9.17, 15) is 18.0 Å². The highest BCUT2D eigenvalue weighted by molar-refractivity contribution is 5.77. The summed E-state index contributed by atoms with van der Waals surface area (Å²) in [5.41, 5.74) is 5.70. The fraction of sp³-hybridized carbons (Fsp3) is 0.333. The molecular formula is C18H17F3N6O. The maximum Gasteiger partial charge on any atom is 0.419 e. The topological polar surface area (TPSA) is 89.4 Å². The van der Waals surface area contributed by atoms with Gasteiger partial charge >= 0.3 is 6.18 Å². The molecule has 28 heavy (non-hydrogen) atoms. The SMILES string of the molecule is NC(=O)C1CCN(c2ncc(-c3cn4ccnc4cn3)cc2C(F)(F)F)CC1. The molecule has 1 aliphatic rings. The number of pyridine rings is 1. The summed E-state index contributed by atoms with van der Waals surface area (Å²) in [7, 11) is 0. The van der Waals surface area contributed by atoms with E-state index in [1.54, 1.807) is 27.9 Å². The number of fused-ring (bicyclic) bond motifs is 1. The predicted molar refractivity (Wildman–Crippen MR) is 95.4 cm³/mol. The first-order valence-corrected chi connectivity index (χ1v) is 8.73. The second kappa shape index (κ2) is 6.77. The molecule has 7 nitrogen and oxygen atoms in total. The van der Waals surface area contributed by atoms with Crippen LogP contribution in [0.15, 0.2) is 37.1 Å². The number of piperidine rings is 1. The lowest BCUT2D eigenvalue weighted by Crippen LogP contribution is -2.39. The van der Waals surface area contributed by atoms with E-state index >= 15 is 0 Å². The maximum absolute atomic E-state index is 13.7. The molecule has 0 spiro atoms. The van der Waals surface area contributed by atoms with Crippen LogP contribution in [0.25, 0.3) is 16.9 Å². The van der Waals surface area contributed by atoms with E-state index in [2.05, 4.69) is 15.0 Å². The van der Waals surface area contributed by atoms with Crippen molar-refractivity contribution in [3.8, 4) is 11.3 Å². The van der Waals surface area contributed by atoms with Crippen molar-refractivity contribution in [3.05, 3.63) is 42.6 Å². The summed E-state index contributed by atoms with van der Waals surface area (Å²) in [6.07, 6.45) is 4.01. The van der Waals surface area contributed by atoms with Crippen LogP contribution in [0.1, 0.15) is 18.4 Å². The van der Waals surface area contributed by atoms with Crippen molar-refractivity contribution in [1.29, 1.82) is 0 Å². The van der Waals surface area contributed by atoms with Gasteiger partial charge < -0.3 is 15.0 Å². The Hall–Kier alpha value is -3.17. The van der Waals surface area contributed by atoms with E-state index in [0.717, 1.165) is 6.07 Å². The third-order valence-electron chi connectivity index (χ3n) is 4.94. The molecule has 0 atom stereocenters. The van der Waals surface area contributed by atoms with E-state index in [1.807, 2.05) is 0 Å². The summed E-state index contributed by atoms with van der Waals surface area (Å²) in [4.78, 5) is 25.2. The van der Waals surface area contributed by atoms with E-state index in [1.165, 1.54) is 12.4 Å². The fourth-order valence-corrected chi connectivity index (χ4v) is 3.41. The van der Waals surface area contributed by atoms with Crippen LogP contribution in [0, 0.1) is 5.92 Å². The van der Waals surface area contributed by atoms with Gasteiger partial charge in [-0.05, 0) is 18.9 Å². The van der Waals surface area contributed by atoms with Gasteiger partial charge in [0.25, 0.3) is 0 Å². The van der Waals surface area contributed by atoms with Gasteiger partial charge in [-0.1, -0.05) is 0 Å². The Morgan fingerprint density at radius 3 is 2.57 bits per heavy atom. The summed E-state index contributed by atoms with van der Waals surface area (Å²) in [6.45, 7) is 0.588. The molecule has 4 heterocycles. The number of imidazole rings is 1. The van der Waals surface area contributed by atoms with Gasteiger partial charge in [0.1, 0.15) is 5.82 Å². The number of anilines is 1. The number of hydrogen-bond donors (Lipinski definition) is 1. The Kier molecular flexibility index (Phi) is 4.40. The molecular weight excluding hydrogens is 373 g/mol. The summed E-state index contributed by atoms with van der Waals surface area (Å²) in [5, 5.41) is 0. The lowest BCUT2D eigenvalue weighted by Gasteiger charge is -2.33. The lowest BCUT2D eigenvalue weighted by atomic mass is 9.96. The first kappa shape index (κ1) is 18.2. The minimum atomic E-state index is -4.57. The van der Waals surface area contributed by atoms with Gasteiger partial charge in [-0.3, -0.25) is 9.78 Å². The maximum atomic E-state index is 13.7. The second-order valence-electron chi connectivity index (χ2n) is 6.72. The number of nitrogens with zero attached hydrogens (tertiary/aromatic N) is 5. The number of hydrogen-bond acceptors (Lipinski definition) is 5. The van der Waals surface area contributed by atoms with E-state index in [-0.39, 0.29) is 17.3 Å². The number of primary amides is 1. The van der Waals surface area contributed by atoms with Crippen molar-refractivity contribution in [3.63, 3.8) is 0 Å². The van der Waals surface area contributed by atoms with Crippen LogP contribution in [-0.2, 0) is 11.0 Å². The van der Waals surface area contributed by atoms with Gasteiger partial charge in [0.05, 0.1) is 17.5 Å². The third kappa shape index (κ3) is 3.37. The fourth-order valence-electron chi connectivity index (χ4n) is 3.41. The molecule has 1 aliphatic heterocycles. The number of nitrogens with two attached hydrogens (primary N) is 1. The molecule has 2 N–H and O–H groups in total. The molecule has 4 rings (SSSR count). The van der Waals surface area contributed by atoms with E-state index in [0.29, 0.717) is 37.3 Å². The highest BCUT2D eigenvalue weighted by atomic mass is 19.4. The first-order valence-electron chi connectivity index (χ1n) is 8.73.